The Labute approximate surface area is 184 Å². The molecule has 0 fully saturated rings. The third-order valence-corrected chi connectivity index (χ3v) is 4.08. The molecule has 0 spiro atoms. The summed E-state index contributed by atoms with van der Waals surface area (Å²) in [4.78, 5) is 23.0. The number of halogens is 1. The second kappa shape index (κ2) is 10.7. The molecule has 0 saturated carbocycles. The van der Waals surface area contributed by atoms with Crippen molar-refractivity contribution in [2.24, 2.45) is 0 Å². The van der Waals surface area contributed by atoms with Crippen LogP contribution in [0.3, 0.4) is 0 Å². The number of carbonyl (C=O) groups is 2. The lowest BCUT2D eigenvalue weighted by atomic mass is 10.2. The molecule has 10 heteroatoms. The maximum absolute atomic E-state index is 12.0. The van der Waals surface area contributed by atoms with Crippen LogP contribution in [0.15, 0.2) is 42.5 Å². The molecule has 152 valence electrons. The van der Waals surface area contributed by atoms with E-state index in [4.69, 9.17) is 40.8 Å². The van der Waals surface area contributed by atoms with E-state index in [0.29, 0.717) is 22.1 Å². The van der Waals surface area contributed by atoms with Gasteiger partial charge in [0.15, 0.2) is 16.8 Å². The lowest BCUT2D eigenvalue weighted by Crippen LogP contribution is -2.37. The van der Waals surface area contributed by atoms with Crippen LogP contribution in [-0.4, -0.2) is 28.6 Å². The number of ether oxygens (including phenoxy) is 1. The van der Waals surface area contributed by atoms with Gasteiger partial charge < -0.3 is 20.7 Å². The SMILES string of the molecule is CC(=O)NC(=S)Nc1ccc(NC(=S)NC(=O)COc2ccc(Cl)cc2C)cc1. The van der Waals surface area contributed by atoms with Crippen molar-refractivity contribution < 1.29 is 14.3 Å². The van der Waals surface area contributed by atoms with Gasteiger partial charge in [0.1, 0.15) is 5.75 Å². The summed E-state index contributed by atoms with van der Waals surface area (Å²) >= 11 is 16.0. The van der Waals surface area contributed by atoms with Crippen LogP contribution in [0.1, 0.15) is 12.5 Å². The van der Waals surface area contributed by atoms with E-state index in [9.17, 15) is 9.59 Å². The van der Waals surface area contributed by atoms with E-state index in [1.165, 1.54) is 6.92 Å². The second-order valence-electron chi connectivity index (χ2n) is 5.91. The zero-order valence-electron chi connectivity index (χ0n) is 15.7. The van der Waals surface area contributed by atoms with Crippen molar-refractivity contribution in [3.63, 3.8) is 0 Å². The Morgan fingerprint density at radius 1 is 0.966 bits per heavy atom. The van der Waals surface area contributed by atoms with Gasteiger partial charge in [0, 0.05) is 23.3 Å². The van der Waals surface area contributed by atoms with Gasteiger partial charge in [0.25, 0.3) is 5.91 Å². The van der Waals surface area contributed by atoms with Crippen molar-refractivity contribution >= 4 is 69.5 Å². The van der Waals surface area contributed by atoms with Gasteiger partial charge in [-0.2, -0.15) is 0 Å². The number of thiocarbonyl (C=S) groups is 2. The molecule has 0 radical (unpaired) electrons. The normalized spacial score (nSPS) is 9.90. The number of hydrogen-bond donors (Lipinski definition) is 4. The zero-order valence-corrected chi connectivity index (χ0v) is 18.1. The van der Waals surface area contributed by atoms with Crippen molar-refractivity contribution in [3.8, 4) is 5.75 Å². The van der Waals surface area contributed by atoms with Gasteiger partial charge in [-0.25, -0.2) is 0 Å². The summed E-state index contributed by atoms with van der Waals surface area (Å²) in [5, 5.41) is 11.7. The molecule has 2 aromatic rings. The van der Waals surface area contributed by atoms with E-state index in [-0.39, 0.29) is 22.7 Å². The topological polar surface area (TPSA) is 91.5 Å². The van der Waals surface area contributed by atoms with E-state index in [2.05, 4.69) is 21.3 Å². The number of amides is 2. The Balaban J connectivity index is 1.80. The van der Waals surface area contributed by atoms with E-state index in [1.54, 1.807) is 42.5 Å². The van der Waals surface area contributed by atoms with E-state index in [0.717, 1.165) is 5.56 Å². The average Bonchev–Trinajstić information content (AvgIpc) is 2.62. The summed E-state index contributed by atoms with van der Waals surface area (Å²) in [6.45, 7) is 3.03. The molecule has 0 atom stereocenters. The van der Waals surface area contributed by atoms with Crippen molar-refractivity contribution in [3.05, 3.63) is 53.1 Å². The predicted molar refractivity (Wildman–Crippen MR) is 123 cm³/mol. The van der Waals surface area contributed by atoms with Crippen molar-refractivity contribution in [2.75, 3.05) is 17.2 Å². The van der Waals surface area contributed by atoms with Gasteiger partial charge in [0.05, 0.1) is 0 Å². The van der Waals surface area contributed by atoms with Crippen molar-refractivity contribution in [2.45, 2.75) is 13.8 Å². The predicted octanol–water partition coefficient (Wildman–Crippen LogP) is 3.37. The van der Waals surface area contributed by atoms with E-state index >= 15 is 0 Å². The second-order valence-corrected chi connectivity index (χ2v) is 7.17. The molecule has 4 N–H and O–H groups in total. The smallest absolute Gasteiger partial charge is 0.264 e. The van der Waals surface area contributed by atoms with Gasteiger partial charge in [-0.1, -0.05) is 11.6 Å². The van der Waals surface area contributed by atoms with Gasteiger partial charge in [-0.3, -0.25) is 14.9 Å². The number of hydrogen-bond acceptors (Lipinski definition) is 5. The highest BCUT2D eigenvalue weighted by Gasteiger charge is 2.08. The van der Waals surface area contributed by atoms with Crippen LogP contribution >= 0.6 is 36.0 Å². The first-order chi connectivity index (χ1) is 13.7. The van der Waals surface area contributed by atoms with Crippen LogP contribution < -0.4 is 26.0 Å². The van der Waals surface area contributed by atoms with Crippen LogP contribution in [-0.2, 0) is 9.59 Å². The summed E-state index contributed by atoms with van der Waals surface area (Å²) in [5.41, 5.74) is 2.19. The Kier molecular flexibility index (Phi) is 8.32. The number of aryl methyl sites for hydroxylation is 1. The molecule has 2 aromatic carbocycles. The summed E-state index contributed by atoms with van der Waals surface area (Å²) in [6.07, 6.45) is 0. The van der Waals surface area contributed by atoms with Crippen LogP contribution in [0, 0.1) is 6.92 Å². The van der Waals surface area contributed by atoms with E-state index < -0.39 is 5.91 Å². The first kappa shape index (κ1) is 22.5. The standard InChI is InChI=1S/C19H19ClN4O3S2/c1-11-9-13(20)3-8-16(11)27-10-17(26)24-19(29)23-15-6-4-14(5-7-15)22-18(28)21-12(2)25/h3-9H,10H2,1-2H3,(H2,21,22,25,28)(H2,23,24,26,29). The molecule has 0 aliphatic heterocycles. The Hall–Kier alpha value is -2.75. The maximum Gasteiger partial charge on any atom is 0.264 e. The minimum Gasteiger partial charge on any atom is -0.483 e. The Morgan fingerprint density at radius 3 is 2.03 bits per heavy atom. The van der Waals surface area contributed by atoms with Gasteiger partial charge in [-0.05, 0) is 79.4 Å². The average molecular weight is 451 g/mol. The van der Waals surface area contributed by atoms with Crippen molar-refractivity contribution in [1.29, 1.82) is 0 Å². The highest BCUT2D eigenvalue weighted by atomic mass is 35.5. The number of carbonyl (C=O) groups excluding carboxylic acids is 2. The molecule has 0 saturated heterocycles. The van der Waals surface area contributed by atoms with Gasteiger partial charge >= 0.3 is 0 Å². The fourth-order valence-electron chi connectivity index (χ4n) is 2.20. The molecule has 0 aliphatic carbocycles. The number of nitrogens with one attached hydrogen (secondary N) is 4. The zero-order chi connectivity index (χ0) is 21.4. The fourth-order valence-corrected chi connectivity index (χ4v) is 2.92. The first-order valence-electron chi connectivity index (χ1n) is 8.41. The van der Waals surface area contributed by atoms with E-state index in [1.807, 2.05) is 6.92 Å². The summed E-state index contributed by atoms with van der Waals surface area (Å²) < 4.78 is 5.48. The Bertz CT molecular complexity index is 936. The molecular weight excluding hydrogens is 432 g/mol. The quantitative estimate of drug-likeness (QED) is 0.519. The Morgan fingerprint density at radius 2 is 1.52 bits per heavy atom. The number of anilines is 2. The molecule has 0 aliphatic rings. The highest BCUT2D eigenvalue weighted by molar-refractivity contribution is 7.80. The summed E-state index contributed by atoms with van der Waals surface area (Å²) in [5.74, 6) is -0.0726. The molecule has 7 nitrogen and oxygen atoms in total. The fraction of sp³-hybridized carbons (Fsp3) is 0.158. The molecule has 0 heterocycles. The molecule has 2 rings (SSSR count). The molecular formula is C19H19ClN4O3S2. The van der Waals surface area contributed by atoms with Crippen molar-refractivity contribution in [1.82, 2.24) is 10.6 Å². The number of rotatable bonds is 5. The molecule has 0 bridgehead atoms. The third-order valence-electron chi connectivity index (χ3n) is 3.44. The van der Waals surface area contributed by atoms with Crippen LogP contribution in [0.4, 0.5) is 11.4 Å². The molecule has 2 amide bonds. The van der Waals surface area contributed by atoms with Crippen LogP contribution in [0.2, 0.25) is 5.02 Å². The highest BCUT2D eigenvalue weighted by Crippen LogP contribution is 2.21. The third kappa shape index (κ3) is 8.02. The van der Waals surface area contributed by atoms with Crippen LogP contribution in [0.25, 0.3) is 0 Å². The first-order valence-corrected chi connectivity index (χ1v) is 9.61. The summed E-state index contributed by atoms with van der Waals surface area (Å²) in [7, 11) is 0. The maximum atomic E-state index is 12.0. The molecule has 0 unspecified atom stereocenters. The van der Waals surface area contributed by atoms with Crippen LogP contribution in [0.5, 0.6) is 5.75 Å². The number of benzene rings is 2. The monoisotopic (exact) mass is 450 g/mol. The molecule has 29 heavy (non-hydrogen) atoms. The lowest BCUT2D eigenvalue weighted by molar-refractivity contribution is -0.121. The van der Waals surface area contributed by atoms with Gasteiger partial charge in [-0.15, -0.1) is 0 Å². The lowest BCUT2D eigenvalue weighted by Gasteiger charge is -2.12. The largest absolute Gasteiger partial charge is 0.483 e. The molecule has 0 aromatic heterocycles. The summed E-state index contributed by atoms with van der Waals surface area (Å²) in [6, 6.07) is 12.1. The minimum absolute atomic E-state index is 0.140. The minimum atomic E-state index is -0.393. The van der Waals surface area contributed by atoms with Gasteiger partial charge in [0.2, 0.25) is 5.91 Å².